The molecule has 1 saturated carbocycles. The van der Waals surface area contributed by atoms with Crippen molar-refractivity contribution >= 4 is 11.7 Å². The molecule has 0 unspecified atom stereocenters. The molecule has 1 aliphatic rings. The van der Waals surface area contributed by atoms with E-state index in [9.17, 15) is 22.8 Å². The number of carbonyl (C=O) groups is 2. The van der Waals surface area contributed by atoms with Gasteiger partial charge >= 0.3 is 0 Å². The molecule has 5 nitrogen and oxygen atoms in total. The highest BCUT2D eigenvalue weighted by atomic mass is 19.2. The van der Waals surface area contributed by atoms with Crippen LogP contribution in [0.4, 0.5) is 13.2 Å². The molecule has 0 radical (unpaired) electrons. The molecule has 1 aromatic carbocycles. The summed E-state index contributed by atoms with van der Waals surface area (Å²) in [5, 5.41) is 2.74. The summed E-state index contributed by atoms with van der Waals surface area (Å²) in [6.45, 7) is -0.139. The Balaban J connectivity index is 1.98. The zero-order valence-corrected chi connectivity index (χ0v) is 15.1. The second kappa shape index (κ2) is 10.3. The maximum Gasteiger partial charge on any atom is 0.223 e. The first-order chi connectivity index (χ1) is 12.9. The number of nitrogens with one attached hydrogen (secondary N) is 1. The zero-order valence-electron chi connectivity index (χ0n) is 15.1. The predicted molar refractivity (Wildman–Crippen MR) is 93.6 cm³/mol. The van der Waals surface area contributed by atoms with Crippen molar-refractivity contribution in [1.82, 2.24) is 5.32 Å². The Morgan fingerprint density at radius 3 is 2.56 bits per heavy atom. The van der Waals surface area contributed by atoms with Crippen LogP contribution in [0.3, 0.4) is 0 Å². The van der Waals surface area contributed by atoms with E-state index in [0.29, 0.717) is 37.9 Å². The average molecular weight is 386 g/mol. The molecule has 1 aliphatic carbocycles. The van der Waals surface area contributed by atoms with Crippen LogP contribution >= 0.6 is 0 Å². The number of benzene rings is 1. The Labute approximate surface area is 156 Å². The van der Waals surface area contributed by atoms with Crippen molar-refractivity contribution in [3.05, 3.63) is 29.6 Å². The van der Waals surface area contributed by atoms with Gasteiger partial charge in [-0.05, 0) is 38.6 Å². The number of hydrogen-bond donors (Lipinski definition) is 2. The van der Waals surface area contributed by atoms with Crippen molar-refractivity contribution in [2.24, 2.45) is 11.7 Å². The molecule has 150 valence electrons. The number of ether oxygens (including phenoxy) is 1. The Morgan fingerprint density at radius 1 is 1.19 bits per heavy atom. The second-order valence-electron chi connectivity index (χ2n) is 6.78. The Bertz CT molecular complexity index is 664. The molecule has 0 aromatic heterocycles. The Hall–Kier alpha value is -2.09. The Kier molecular flexibility index (Phi) is 8.09. The summed E-state index contributed by atoms with van der Waals surface area (Å²) in [6, 6.07) is 0.263. The van der Waals surface area contributed by atoms with Crippen LogP contribution < -0.4 is 15.8 Å². The Morgan fingerprint density at radius 2 is 1.89 bits per heavy atom. The topological polar surface area (TPSA) is 81.4 Å². The van der Waals surface area contributed by atoms with Crippen LogP contribution in [0.1, 0.15) is 44.9 Å². The van der Waals surface area contributed by atoms with E-state index in [-0.39, 0.29) is 11.8 Å². The number of ketones is 1. The highest BCUT2D eigenvalue weighted by Gasteiger charge is 2.27. The lowest BCUT2D eigenvalue weighted by Crippen LogP contribution is -2.45. The summed E-state index contributed by atoms with van der Waals surface area (Å²) < 4.78 is 45.0. The third-order valence-corrected chi connectivity index (χ3v) is 4.71. The molecule has 2 rings (SSSR count). The quantitative estimate of drug-likeness (QED) is 0.479. The fraction of sp³-hybridized carbons (Fsp3) is 0.579. The zero-order chi connectivity index (χ0) is 19.8. The molecule has 27 heavy (non-hydrogen) atoms. The SMILES string of the molecule is NCCCC[C@H](NC(=O)C1CCCC1)C(=O)COc1cc(F)cc(F)c1F. The molecule has 0 saturated heterocycles. The molecule has 1 fully saturated rings. The normalized spacial score (nSPS) is 15.6. The standard InChI is InChI=1S/C19H25F3N2O3/c20-13-9-14(21)18(22)17(10-13)27-11-16(25)15(7-3-4-8-23)24-19(26)12-5-1-2-6-12/h9-10,12,15H,1-8,11,23H2,(H,24,26)/t15-/m0/s1. The van der Waals surface area contributed by atoms with Crippen LogP contribution in [0.5, 0.6) is 5.75 Å². The number of amides is 1. The first-order valence-electron chi connectivity index (χ1n) is 9.23. The van der Waals surface area contributed by atoms with Gasteiger partial charge in [-0.2, -0.15) is 4.39 Å². The number of nitrogens with two attached hydrogens (primary N) is 1. The van der Waals surface area contributed by atoms with Gasteiger partial charge in [0.1, 0.15) is 12.4 Å². The van der Waals surface area contributed by atoms with E-state index in [4.69, 9.17) is 10.5 Å². The van der Waals surface area contributed by atoms with Gasteiger partial charge in [-0.1, -0.05) is 12.8 Å². The fourth-order valence-electron chi connectivity index (χ4n) is 3.17. The molecule has 1 aromatic rings. The van der Waals surface area contributed by atoms with E-state index in [1.165, 1.54) is 0 Å². The third kappa shape index (κ3) is 6.23. The molecule has 1 amide bonds. The van der Waals surface area contributed by atoms with Crippen molar-refractivity contribution in [2.75, 3.05) is 13.2 Å². The largest absolute Gasteiger partial charge is 0.482 e. The number of hydrogen-bond acceptors (Lipinski definition) is 4. The van der Waals surface area contributed by atoms with Crippen LogP contribution in [0, 0.1) is 23.4 Å². The number of Topliss-reactive ketones (excluding diaryl/α,β-unsaturated/α-hetero) is 1. The molecule has 0 bridgehead atoms. The molecule has 0 spiro atoms. The minimum Gasteiger partial charge on any atom is -0.482 e. The van der Waals surface area contributed by atoms with Gasteiger partial charge in [0, 0.05) is 18.1 Å². The van der Waals surface area contributed by atoms with Gasteiger partial charge in [-0.3, -0.25) is 9.59 Å². The predicted octanol–water partition coefficient (Wildman–Crippen LogP) is 2.86. The van der Waals surface area contributed by atoms with Gasteiger partial charge < -0.3 is 15.8 Å². The van der Waals surface area contributed by atoms with E-state index < -0.39 is 41.6 Å². The lowest BCUT2D eigenvalue weighted by molar-refractivity contribution is -0.131. The number of carbonyl (C=O) groups excluding carboxylic acids is 2. The molecule has 0 heterocycles. The highest BCUT2D eigenvalue weighted by molar-refractivity contribution is 5.90. The monoisotopic (exact) mass is 386 g/mol. The summed E-state index contributed by atoms with van der Waals surface area (Å²) in [4.78, 5) is 24.8. The number of unbranched alkanes of at least 4 members (excludes halogenated alkanes) is 1. The summed E-state index contributed by atoms with van der Waals surface area (Å²) in [6.07, 6.45) is 5.24. The maximum absolute atomic E-state index is 13.6. The summed E-state index contributed by atoms with van der Waals surface area (Å²) in [7, 11) is 0. The van der Waals surface area contributed by atoms with E-state index >= 15 is 0 Å². The highest BCUT2D eigenvalue weighted by Crippen LogP contribution is 2.25. The van der Waals surface area contributed by atoms with E-state index in [1.807, 2.05) is 0 Å². The molecule has 1 atom stereocenters. The molecule has 0 aliphatic heterocycles. The smallest absolute Gasteiger partial charge is 0.223 e. The minimum absolute atomic E-state index is 0.106. The van der Waals surface area contributed by atoms with Gasteiger partial charge in [0.15, 0.2) is 17.3 Å². The van der Waals surface area contributed by atoms with Gasteiger partial charge in [0.05, 0.1) is 6.04 Å². The molecule has 3 N–H and O–H groups in total. The van der Waals surface area contributed by atoms with Crippen LogP contribution in [0.2, 0.25) is 0 Å². The van der Waals surface area contributed by atoms with Gasteiger partial charge in [-0.15, -0.1) is 0 Å². The second-order valence-corrected chi connectivity index (χ2v) is 6.78. The van der Waals surface area contributed by atoms with Crippen LogP contribution in [0.25, 0.3) is 0 Å². The van der Waals surface area contributed by atoms with Crippen molar-refractivity contribution in [2.45, 2.75) is 51.0 Å². The summed E-state index contributed by atoms with van der Waals surface area (Å²) in [5.74, 6) is -5.21. The van der Waals surface area contributed by atoms with Crippen molar-refractivity contribution in [3.8, 4) is 5.75 Å². The molecular formula is C19H25F3N2O3. The van der Waals surface area contributed by atoms with Crippen LogP contribution in [0.15, 0.2) is 12.1 Å². The fourth-order valence-corrected chi connectivity index (χ4v) is 3.17. The van der Waals surface area contributed by atoms with Crippen molar-refractivity contribution < 1.29 is 27.5 Å². The molecular weight excluding hydrogens is 361 g/mol. The van der Waals surface area contributed by atoms with Gasteiger partial charge in [0.25, 0.3) is 0 Å². The van der Waals surface area contributed by atoms with Gasteiger partial charge in [0.2, 0.25) is 11.7 Å². The summed E-state index contributed by atoms with van der Waals surface area (Å²) in [5.41, 5.74) is 5.46. The van der Waals surface area contributed by atoms with Gasteiger partial charge in [-0.25, -0.2) is 8.78 Å². The maximum atomic E-state index is 13.6. The number of rotatable bonds is 10. The minimum atomic E-state index is -1.40. The first kappa shape index (κ1) is 21.2. The first-order valence-corrected chi connectivity index (χ1v) is 9.23. The lowest BCUT2D eigenvalue weighted by Gasteiger charge is -2.20. The lowest BCUT2D eigenvalue weighted by atomic mass is 10.0. The van der Waals surface area contributed by atoms with E-state index in [1.54, 1.807) is 0 Å². The molecule has 8 heteroatoms. The van der Waals surface area contributed by atoms with E-state index in [2.05, 4.69) is 5.32 Å². The van der Waals surface area contributed by atoms with Crippen molar-refractivity contribution in [3.63, 3.8) is 0 Å². The van der Waals surface area contributed by atoms with Crippen LogP contribution in [-0.4, -0.2) is 30.9 Å². The average Bonchev–Trinajstić information content (AvgIpc) is 3.17. The van der Waals surface area contributed by atoms with E-state index in [0.717, 1.165) is 25.7 Å². The number of halogens is 3. The van der Waals surface area contributed by atoms with Crippen molar-refractivity contribution in [1.29, 1.82) is 0 Å². The van der Waals surface area contributed by atoms with Crippen LogP contribution in [-0.2, 0) is 9.59 Å². The third-order valence-electron chi connectivity index (χ3n) is 4.71. The summed E-state index contributed by atoms with van der Waals surface area (Å²) >= 11 is 0.